The Morgan fingerprint density at radius 3 is 2.82 bits per heavy atom. The predicted molar refractivity (Wildman–Crippen MR) is 79.7 cm³/mol. The minimum Gasteiger partial charge on any atom is -0.398 e. The van der Waals surface area contributed by atoms with E-state index in [1.807, 2.05) is 12.1 Å². The van der Waals surface area contributed by atoms with Crippen molar-refractivity contribution in [3.8, 4) is 0 Å². The average Bonchev–Trinajstić information content (AvgIpc) is 2.68. The van der Waals surface area contributed by atoms with Gasteiger partial charge < -0.3 is 10.6 Å². The molecule has 0 spiro atoms. The molecule has 1 heterocycles. The van der Waals surface area contributed by atoms with Crippen LogP contribution in [0.15, 0.2) is 34.1 Å². The second-order valence-electron chi connectivity index (χ2n) is 4.08. The van der Waals surface area contributed by atoms with Crippen molar-refractivity contribution in [1.82, 2.24) is 0 Å². The summed E-state index contributed by atoms with van der Waals surface area (Å²) in [5.74, 6) is 0. The summed E-state index contributed by atoms with van der Waals surface area (Å²) in [5.41, 5.74) is 9.11. The maximum absolute atomic E-state index is 5.92. The van der Waals surface area contributed by atoms with Crippen LogP contribution in [0.1, 0.15) is 10.4 Å². The van der Waals surface area contributed by atoms with Gasteiger partial charge in [-0.2, -0.15) is 0 Å². The van der Waals surface area contributed by atoms with E-state index in [1.165, 1.54) is 10.6 Å². The standard InChI is InChI=1S/C13H15BrN2S/c1-9-12(15)4-3-5-13(9)16(2)7-11-6-10(14)8-17-11/h3-6,8H,7,15H2,1-2H3. The highest BCUT2D eigenvalue weighted by molar-refractivity contribution is 9.10. The van der Waals surface area contributed by atoms with Crippen molar-refractivity contribution in [3.63, 3.8) is 0 Å². The van der Waals surface area contributed by atoms with Crippen LogP contribution in [0.25, 0.3) is 0 Å². The van der Waals surface area contributed by atoms with Gasteiger partial charge in [-0.3, -0.25) is 0 Å². The molecule has 0 unspecified atom stereocenters. The van der Waals surface area contributed by atoms with Crippen molar-refractivity contribution in [2.75, 3.05) is 17.7 Å². The van der Waals surface area contributed by atoms with Crippen molar-refractivity contribution < 1.29 is 0 Å². The number of rotatable bonds is 3. The highest BCUT2D eigenvalue weighted by Crippen LogP contribution is 2.27. The summed E-state index contributed by atoms with van der Waals surface area (Å²) in [6.07, 6.45) is 0. The molecule has 0 fully saturated rings. The number of nitrogen functional groups attached to an aromatic ring is 1. The van der Waals surface area contributed by atoms with Crippen molar-refractivity contribution in [1.29, 1.82) is 0 Å². The first-order chi connectivity index (χ1) is 8.08. The Morgan fingerprint density at radius 1 is 1.41 bits per heavy atom. The fourth-order valence-corrected chi connectivity index (χ4v) is 3.31. The molecular formula is C13H15BrN2S. The zero-order chi connectivity index (χ0) is 12.4. The minimum absolute atomic E-state index is 0.849. The van der Waals surface area contributed by atoms with Gasteiger partial charge >= 0.3 is 0 Å². The lowest BCUT2D eigenvalue weighted by Crippen LogP contribution is -2.17. The lowest BCUT2D eigenvalue weighted by atomic mass is 10.1. The predicted octanol–water partition coefficient (Wildman–Crippen LogP) is 4.04. The first kappa shape index (κ1) is 12.5. The van der Waals surface area contributed by atoms with Gasteiger partial charge in [0.15, 0.2) is 0 Å². The molecule has 0 atom stereocenters. The monoisotopic (exact) mass is 310 g/mol. The minimum atomic E-state index is 0.849. The van der Waals surface area contributed by atoms with Gasteiger partial charge in [-0.1, -0.05) is 6.07 Å². The van der Waals surface area contributed by atoms with Crippen molar-refractivity contribution in [3.05, 3.63) is 44.6 Å². The molecule has 4 heteroatoms. The van der Waals surface area contributed by atoms with Gasteiger partial charge in [0.2, 0.25) is 0 Å². The number of hydrogen-bond acceptors (Lipinski definition) is 3. The third-order valence-corrected chi connectivity index (χ3v) is 4.46. The van der Waals surface area contributed by atoms with Crippen LogP contribution in [0, 0.1) is 6.92 Å². The molecule has 1 aromatic heterocycles. The zero-order valence-electron chi connectivity index (χ0n) is 9.90. The molecule has 0 radical (unpaired) electrons. The van der Waals surface area contributed by atoms with E-state index >= 15 is 0 Å². The van der Waals surface area contributed by atoms with Gasteiger partial charge in [0, 0.05) is 33.2 Å². The summed E-state index contributed by atoms with van der Waals surface area (Å²) < 4.78 is 1.15. The Hall–Kier alpha value is -1.000. The number of halogens is 1. The van der Waals surface area contributed by atoms with Crippen LogP contribution in [-0.2, 0) is 6.54 Å². The van der Waals surface area contributed by atoms with Gasteiger partial charge in [-0.15, -0.1) is 11.3 Å². The van der Waals surface area contributed by atoms with Crippen LogP contribution in [0.2, 0.25) is 0 Å². The molecule has 0 aliphatic heterocycles. The van der Waals surface area contributed by atoms with Gasteiger partial charge in [0.1, 0.15) is 0 Å². The highest BCUT2D eigenvalue weighted by atomic mass is 79.9. The first-order valence-electron chi connectivity index (χ1n) is 5.37. The van der Waals surface area contributed by atoms with Crippen LogP contribution >= 0.6 is 27.3 Å². The van der Waals surface area contributed by atoms with Crippen LogP contribution in [0.3, 0.4) is 0 Å². The molecule has 0 saturated carbocycles. The molecule has 2 N–H and O–H groups in total. The molecule has 0 bridgehead atoms. The number of nitrogens with zero attached hydrogens (tertiary/aromatic N) is 1. The molecule has 1 aromatic carbocycles. The summed E-state index contributed by atoms with van der Waals surface area (Å²) in [4.78, 5) is 3.56. The number of benzene rings is 1. The second kappa shape index (κ2) is 5.10. The van der Waals surface area contributed by atoms with E-state index in [0.717, 1.165) is 22.3 Å². The van der Waals surface area contributed by atoms with Gasteiger partial charge in [0.25, 0.3) is 0 Å². The third-order valence-electron chi connectivity index (χ3n) is 2.77. The van der Waals surface area contributed by atoms with E-state index in [-0.39, 0.29) is 0 Å². The summed E-state index contributed by atoms with van der Waals surface area (Å²) >= 11 is 5.24. The lowest BCUT2D eigenvalue weighted by Gasteiger charge is -2.21. The van der Waals surface area contributed by atoms with E-state index in [9.17, 15) is 0 Å². The molecule has 2 nitrogen and oxygen atoms in total. The van der Waals surface area contributed by atoms with E-state index in [0.29, 0.717) is 0 Å². The van der Waals surface area contributed by atoms with E-state index in [1.54, 1.807) is 11.3 Å². The zero-order valence-corrected chi connectivity index (χ0v) is 12.3. The molecule has 0 aliphatic rings. The number of nitrogens with two attached hydrogens (primary N) is 1. The maximum Gasteiger partial charge on any atom is 0.0520 e. The average molecular weight is 311 g/mol. The SMILES string of the molecule is Cc1c(N)cccc1N(C)Cc1cc(Br)cs1. The van der Waals surface area contributed by atoms with Crippen LogP contribution in [0.4, 0.5) is 11.4 Å². The summed E-state index contributed by atoms with van der Waals surface area (Å²) in [7, 11) is 2.09. The molecule has 2 rings (SSSR count). The maximum atomic E-state index is 5.92. The van der Waals surface area contributed by atoms with E-state index < -0.39 is 0 Å². The largest absolute Gasteiger partial charge is 0.398 e. The van der Waals surface area contributed by atoms with Crippen molar-refractivity contribution in [2.24, 2.45) is 0 Å². The topological polar surface area (TPSA) is 29.3 Å². The molecule has 90 valence electrons. The van der Waals surface area contributed by atoms with Crippen LogP contribution in [-0.4, -0.2) is 7.05 Å². The number of thiophene rings is 1. The van der Waals surface area contributed by atoms with Crippen molar-refractivity contribution in [2.45, 2.75) is 13.5 Å². The highest BCUT2D eigenvalue weighted by Gasteiger charge is 2.08. The summed E-state index contributed by atoms with van der Waals surface area (Å²) in [6, 6.07) is 8.20. The normalized spacial score (nSPS) is 10.5. The van der Waals surface area contributed by atoms with Gasteiger partial charge in [0.05, 0.1) is 6.54 Å². The number of anilines is 2. The number of hydrogen-bond donors (Lipinski definition) is 1. The smallest absolute Gasteiger partial charge is 0.0520 e. The first-order valence-corrected chi connectivity index (χ1v) is 7.04. The van der Waals surface area contributed by atoms with Crippen molar-refractivity contribution >= 4 is 38.6 Å². The molecular weight excluding hydrogens is 296 g/mol. The summed E-state index contributed by atoms with van der Waals surface area (Å²) in [5, 5.41) is 2.11. The Kier molecular flexibility index (Phi) is 3.74. The molecule has 0 amide bonds. The van der Waals surface area contributed by atoms with E-state index in [4.69, 9.17) is 5.73 Å². The van der Waals surface area contributed by atoms with Crippen LogP contribution in [0.5, 0.6) is 0 Å². The molecule has 2 aromatic rings. The Labute approximate surface area is 114 Å². The fourth-order valence-electron chi connectivity index (χ4n) is 1.81. The Morgan fingerprint density at radius 2 is 2.18 bits per heavy atom. The van der Waals surface area contributed by atoms with Gasteiger partial charge in [-0.05, 0) is 46.6 Å². The molecule has 0 aliphatic carbocycles. The third kappa shape index (κ3) is 2.82. The molecule has 17 heavy (non-hydrogen) atoms. The van der Waals surface area contributed by atoms with Gasteiger partial charge in [-0.25, -0.2) is 0 Å². The van der Waals surface area contributed by atoms with Crippen LogP contribution < -0.4 is 10.6 Å². The Balaban J connectivity index is 2.20. The Bertz CT molecular complexity index is 522. The lowest BCUT2D eigenvalue weighted by molar-refractivity contribution is 0.934. The quantitative estimate of drug-likeness (QED) is 0.867. The van der Waals surface area contributed by atoms with E-state index in [2.05, 4.69) is 52.3 Å². The second-order valence-corrected chi connectivity index (χ2v) is 5.99. The molecule has 0 saturated heterocycles. The fraction of sp³-hybridized carbons (Fsp3) is 0.231. The summed E-state index contributed by atoms with van der Waals surface area (Å²) in [6.45, 7) is 2.96.